The predicted molar refractivity (Wildman–Crippen MR) is 60.6 cm³/mol. The van der Waals surface area contributed by atoms with Gasteiger partial charge in [0.15, 0.2) is 0 Å². The Morgan fingerprint density at radius 3 is 2.29 bits per heavy atom. The van der Waals surface area contributed by atoms with Crippen LogP contribution in [0.25, 0.3) is 0 Å². The number of nitrogens with two attached hydrogens (primary N) is 1. The van der Waals surface area contributed by atoms with E-state index in [2.05, 4.69) is 6.92 Å². The van der Waals surface area contributed by atoms with E-state index in [9.17, 15) is 4.79 Å². The molecular weight excluding hydrogens is 202 g/mol. The van der Waals surface area contributed by atoms with E-state index in [1.807, 2.05) is 20.8 Å². The van der Waals surface area contributed by atoms with Crippen LogP contribution in [0.15, 0.2) is 0 Å². The molecule has 0 aliphatic carbocycles. The van der Waals surface area contributed by atoms with E-state index in [4.69, 9.17) is 10.5 Å². The van der Waals surface area contributed by atoms with Crippen molar-refractivity contribution < 1.29 is 9.53 Å². The van der Waals surface area contributed by atoms with Crippen molar-refractivity contribution in [1.82, 2.24) is 0 Å². The van der Waals surface area contributed by atoms with E-state index in [0.717, 1.165) is 12.8 Å². The predicted octanol–water partition coefficient (Wildman–Crippen LogP) is 2.27. The average Bonchev–Trinajstić information content (AvgIpc) is 1.96. The molecule has 0 saturated carbocycles. The third-order valence-electron chi connectivity index (χ3n) is 1.58. The Morgan fingerprint density at radius 1 is 1.43 bits per heavy atom. The van der Waals surface area contributed by atoms with Gasteiger partial charge < -0.3 is 10.5 Å². The Morgan fingerprint density at radius 2 is 1.93 bits per heavy atom. The van der Waals surface area contributed by atoms with E-state index in [1.54, 1.807) is 0 Å². The van der Waals surface area contributed by atoms with Crippen molar-refractivity contribution in [1.29, 1.82) is 0 Å². The summed E-state index contributed by atoms with van der Waals surface area (Å²) in [5.41, 5.74) is 5.21. The van der Waals surface area contributed by atoms with Crippen LogP contribution in [-0.2, 0) is 9.53 Å². The third kappa shape index (κ3) is 8.32. The number of hydrogen-bond acceptors (Lipinski definition) is 3. The lowest BCUT2D eigenvalue weighted by Gasteiger charge is -2.22. The molecule has 0 rings (SSSR count). The molecule has 0 radical (unpaired) electrons. The second-order valence-corrected chi connectivity index (χ2v) is 4.28. The molecule has 14 heavy (non-hydrogen) atoms. The first kappa shape index (κ1) is 16.2. The van der Waals surface area contributed by atoms with Gasteiger partial charge in [0.25, 0.3) is 0 Å². The van der Waals surface area contributed by atoms with E-state index in [0.29, 0.717) is 6.42 Å². The first-order chi connectivity index (χ1) is 5.87. The fourth-order valence-electron chi connectivity index (χ4n) is 0.919. The molecule has 1 unspecified atom stereocenters. The van der Waals surface area contributed by atoms with E-state index >= 15 is 0 Å². The number of unbranched alkanes of at least 4 members (excludes halogenated alkanes) is 1. The maximum atomic E-state index is 11.3. The first-order valence-corrected chi connectivity index (χ1v) is 4.85. The number of halogens is 1. The fourth-order valence-corrected chi connectivity index (χ4v) is 0.919. The van der Waals surface area contributed by atoms with Gasteiger partial charge in [-0.3, -0.25) is 4.79 Å². The summed E-state index contributed by atoms with van der Waals surface area (Å²) in [5.74, 6) is -0.291. The number of esters is 1. The topological polar surface area (TPSA) is 52.3 Å². The average molecular weight is 224 g/mol. The minimum absolute atomic E-state index is 0. The van der Waals surface area contributed by atoms with Crippen LogP contribution >= 0.6 is 12.4 Å². The van der Waals surface area contributed by atoms with E-state index in [-0.39, 0.29) is 18.4 Å². The van der Waals surface area contributed by atoms with Crippen molar-refractivity contribution in [2.75, 3.05) is 0 Å². The molecule has 3 nitrogen and oxygen atoms in total. The summed E-state index contributed by atoms with van der Waals surface area (Å²) >= 11 is 0. The number of ether oxygens (including phenoxy) is 1. The van der Waals surface area contributed by atoms with Gasteiger partial charge in [0.05, 0.1) is 0 Å². The lowest BCUT2D eigenvalue weighted by atomic mass is 10.1. The molecule has 0 bridgehead atoms. The van der Waals surface area contributed by atoms with Crippen LogP contribution in [0, 0.1) is 0 Å². The molecule has 0 fully saturated rings. The van der Waals surface area contributed by atoms with Gasteiger partial charge in [0.1, 0.15) is 11.6 Å². The maximum absolute atomic E-state index is 11.3. The Bertz CT molecular complexity index is 166. The summed E-state index contributed by atoms with van der Waals surface area (Å²) in [4.78, 5) is 11.3. The second-order valence-electron chi connectivity index (χ2n) is 4.28. The van der Waals surface area contributed by atoms with Crippen molar-refractivity contribution in [3.8, 4) is 0 Å². The Kier molecular flexibility index (Phi) is 8.16. The van der Waals surface area contributed by atoms with Crippen molar-refractivity contribution in [2.45, 2.75) is 58.6 Å². The zero-order valence-corrected chi connectivity index (χ0v) is 10.3. The Labute approximate surface area is 92.8 Å². The van der Waals surface area contributed by atoms with Gasteiger partial charge >= 0.3 is 5.97 Å². The molecule has 0 heterocycles. The third-order valence-corrected chi connectivity index (χ3v) is 1.58. The molecule has 0 saturated heterocycles. The van der Waals surface area contributed by atoms with Crippen LogP contribution in [0.1, 0.15) is 47.0 Å². The van der Waals surface area contributed by atoms with Crippen molar-refractivity contribution in [2.24, 2.45) is 5.73 Å². The highest BCUT2D eigenvalue weighted by molar-refractivity contribution is 5.85. The van der Waals surface area contributed by atoms with Crippen molar-refractivity contribution in [3.05, 3.63) is 0 Å². The molecular formula is C10H22ClNO2. The molecule has 0 aromatic heterocycles. The van der Waals surface area contributed by atoms with Gasteiger partial charge in [0.2, 0.25) is 0 Å². The molecule has 2 N–H and O–H groups in total. The van der Waals surface area contributed by atoms with Gasteiger partial charge in [-0.25, -0.2) is 0 Å². The lowest BCUT2D eigenvalue weighted by molar-refractivity contribution is -0.156. The van der Waals surface area contributed by atoms with Gasteiger partial charge in [-0.15, -0.1) is 12.4 Å². The van der Waals surface area contributed by atoms with Crippen LogP contribution in [-0.4, -0.2) is 17.6 Å². The summed E-state index contributed by atoms with van der Waals surface area (Å²) in [6.07, 6.45) is 2.74. The molecule has 1 atom stereocenters. The Hall–Kier alpha value is -0.280. The Balaban J connectivity index is 0. The molecule has 0 aromatic rings. The highest BCUT2D eigenvalue weighted by atomic mass is 35.5. The first-order valence-electron chi connectivity index (χ1n) is 4.85. The molecule has 4 heteroatoms. The normalized spacial score (nSPS) is 12.9. The highest BCUT2D eigenvalue weighted by Crippen LogP contribution is 2.09. The van der Waals surface area contributed by atoms with Gasteiger partial charge in [0, 0.05) is 0 Å². The van der Waals surface area contributed by atoms with Crippen molar-refractivity contribution in [3.63, 3.8) is 0 Å². The van der Waals surface area contributed by atoms with Crippen molar-refractivity contribution >= 4 is 18.4 Å². The smallest absolute Gasteiger partial charge is 0.323 e. The van der Waals surface area contributed by atoms with Crippen LogP contribution < -0.4 is 5.73 Å². The number of carbonyl (C=O) groups is 1. The fraction of sp³-hybridized carbons (Fsp3) is 0.900. The molecule has 0 aliphatic heterocycles. The van der Waals surface area contributed by atoms with Gasteiger partial charge in [-0.05, 0) is 27.2 Å². The highest BCUT2D eigenvalue weighted by Gasteiger charge is 2.21. The summed E-state index contributed by atoms with van der Waals surface area (Å²) in [5, 5.41) is 0. The van der Waals surface area contributed by atoms with E-state index in [1.165, 1.54) is 0 Å². The van der Waals surface area contributed by atoms with E-state index < -0.39 is 11.6 Å². The zero-order valence-electron chi connectivity index (χ0n) is 9.50. The molecule has 86 valence electrons. The summed E-state index contributed by atoms with van der Waals surface area (Å²) in [6, 6.07) is -0.459. The number of hydrogen-bond donors (Lipinski definition) is 1. The SMILES string of the molecule is CCCCC(N)C(=O)OC(C)(C)C.Cl. The second kappa shape index (κ2) is 7.07. The molecule has 0 spiro atoms. The van der Waals surface area contributed by atoms with Crippen LogP contribution in [0.4, 0.5) is 0 Å². The molecule has 0 aromatic carbocycles. The minimum Gasteiger partial charge on any atom is -0.459 e. The lowest BCUT2D eigenvalue weighted by Crippen LogP contribution is -2.37. The maximum Gasteiger partial charge on any atom is 0.323 e. The zero-order chi connectivity index (χ0) is 10.5. The summed E-state index contributed by atoms with van der Waals surface area (Å²) in [6.45, 7) is 7.61. The van der Waals surface area contributed by atoms with Crippen LogP contribution in [0.3, 0.4) is 0 Å². The van der Waals surface area contributed by atoms with Gasteiger partial charge in [-0.2, -0.15) is 0 Å². The minimum atomic E-state index is -0.459. The monoisotopic (exact) mass is 223 g/mol. The number of carbonyl (C=O) groups excluding carboxylic acids is 1. The summed E-state index contributed by atoms with van der Waals surface area (Å²) < 4.78 is 5.13. The van der Waals surface area contributed by atoms with Crippen LogP contribution in [0.5, 0.6) is 0 Å². The summed E-state index contributed by atoms with van der Waals surface area (Å²) in [7, 11) is 0. The standard InChI is InChI=1S/C10H21NO2.ClH/c1-5-6-7-8(11)9(12)13-10(2,3)4;/h8H,5-7,11H2,1-4H3;1H. The van der Waals surface area contributed by atoms with Gasteiger partial charge in [-0.1, -0.05) is 19.8 Å². The molecule has 0 amide bonds. The quantitative estimate of drug-likeness (QED) is 0.744. The molecule has 0 aliphatic rings. The largest absolute Gasteiger partial charge is 0.459 e. The van der Waals surface area contributed by atoms with Crippen LogP contribution in [0.2, 0.25) is 0 Å². The number of rotatable bonds is 4.